The molecular weight excluding hydrogens is 316 g/mol. The first-order valence-electron chi connectivity index (χ1n) is 9.69. The third kappa shape index (κ3) is 3.60. The summed E-state index contributed by atoms with van der Waals surface area (Å²) in [6.45, 7) is 13.1. The Morgan fingerprint density at radius 3 is 2.15 bits per heavy atom. The molecule has 0 atom stereocenters. The fraction of sp³-hybridized carbons (Fsp3) is 0.375. The Bertz CT molecular complexity index is 913. The van der Waals surface area contributed by atoms with Gasteiger partial charge in [-0.05, 0) is 81.0 Å². The zero-order chi connectivity index (χ0) is 18.8. The summed E-state index contributed by atoms with van der Waals surface area (Å²) >= 11 is 0. The summed E-state index contributed by atoms with van der Waals surface area (Å²) in [4.78, 5) is 4.75. The summed E-state index contributed by atoms with van der Waals surface area (Å²) in [5.41, 5.74) is 9.90. The van der Waals surface area contributed by atoms with Crippen molar-refractivity contribution in [1.29, 1.82) is 0 Å². The minimum atomic E-state index is 0.492. The van der Waals surface area contributed by atoms with Crippen LogP contribution in [0.25, 0.3) is 22.0 Å². The summed E-state index contributed by atoms with van der Waals surface area (Å²) in [7, 11) is 0. The maximum absolute atomic E-state index is 4.75. The zero-order valence-corrected chi connectivity index (χ0v) is 16.9. The molecule has 26 heavy (non-hydrogen) atoms. The zero-order valence-electron chi connectivity index (χ0n) is 16.9. The molecule has 0 radical (unpaired) electrons. The number of anilines is 1. The number of benzene rings is 2. The number of rotatable bonds is 5. The molecule has 0 spiro atoms. The molecule has 0 amide bonds. The van der Waals surface area contributed by atoms with Gasteiger partial charge in [0.25, 0.3) is 0 Å². The van der Waals surface area contributed by atoms with Crippen LogP contribution in [0.3, 0.4) is 0 Å². The molecule has 1 aromatic heterocycles. The maximum atomic E-state index is 4.75. The van der Waals surface area contributed by atoms with Crippen LogP contribution in [0.1, 0.15) is 49.1 Å². The highest BCUT2D eigenvalue weighted by Crippen LogP contribution is 2.33. The van der Waals surface area contributed by atoms with Crippen LogP contribution >= 0.6 is 0 Å². The van der Waals surface area contributed by atoms with Crippen molar-refractivity contribution >= 4 is 16.6 Å². The molecule has 136 valence electrons. The largest absolute Gasteiger partial charge is 0.382 e. The average molecular weight is 347 g/mol. The van der Waals surface area contributed by atoms with E-state index in [9.17, 15) is 0 Å². The van der Waals surface area contributed by atoms with Crippen molar-refractivity contribution < 1.29 is 0 Å². The molecule has 2 nitrogen and oxygen atoms in total. The molecule has 0 aliphatic carbocycles. The highest BCUT2D eigenvalue weighted by atomic mass is 14.9. The first-order chi connectivity index (χ1) is 12.4. The summed E-state index contributed by atoms with van der Waals surface area (Å²) in [5.74, 6) is 0. The van der Waals surface area contributed by atoms with Gasteiger partial charge in [0.15, 0.2) is 0 Å². The molecule has 1 heterocycles. The van der Waals surface area contributed by atoms with E-state index < -0.39 is 0 Å². The summed E-state index contributed by atoms with van der Waals surface area (Å²) in [6.07, 6.45) is 2.24. The van der Waals surface area contributed by atoms with Gasteiger partial charge >= 0.3 is 0 Å². The number of aromatic nitrogens is 1. The average Bonchev–Trinajstić information content (AvgIpc) is 2.58. The summed E-state index contributed by atoms with van der Waals surface area (Å²) in [6, 6.07) is 13.9. The van der Waals surface area contributed by atoms with Crippen molar-refractivity contribution in [2.45, 2.75) is 60.4 Å². The number of hydrogen-bond donors (Lipinski definition) is 1. The minimum absolute atomic E-state index is 0.492. The van der Waals surface area contributed by atoms with Crippen LogP contribution in [0.5, 0.6) is 0 Å². The number of pyridine rings is 1. The molecule has 0 aliphatic heterocycles. The van der Waals surface area contributed by atoms with Gasteiger partial charge in [0.05, 0.1) is 5.52 Å². The van der Waals surface area contributed by atoms with Crippen molar-refractivity contribution in [3.8, 4) is 11.1 Å². The molecule has 2 heteroatoms. The topological polar surface area (TPSA) is 24.9 Å². The van der Waals surface area contributed by atoms with Gasteiger partial charge in [-0.1, -0.05) is 37.6 Å². The fourth-order valence-corrected chi connectivity index (χ4v) is 3.98. The molecule has 2 aromatic carbocycles. The minimum Gasteiger partial charge on any atom is -0.382 e. The highest BCUT2D eigenvalue weighted by molar-refractivity contribution is 5.95. The number of hydrogen-bond acceptors (Lipinski definition) is 2. The lowest BCUT2D eigenvalue weighted by atomic mass is 9.93. The molecular formula is C24H30N2. The van der Waals surface area contributed by atoms with Crippen LogP contribution in [0.2, 0.25) is 0 Å². The van der Waals surface area contributed by atoms with E-state index in [1.165, 1.54) is 38.9 Å². The molecule has 3 aromatic rings. The van der Waals surface area contributed by atoms with E-state index in [4.69, 9.17) is 4.98 Å². The van der Waals surface area contributed by atoms with Gasteiger partial charge in [0.1, 0.15) is 0 Å². The monoisotopic (exact) mass is 346 g/mol. The van der Waals surface area contributed by atoms with E-state index in [1.807, 2.05) is 0 Å². The first kappa shape index (κ1) is 18.4. The van der Waals surface area contributed by atoms with E-state index in [1.54, 1.807) is 0 Å². The summed E-state index contributed by atoms with van der Waals surface area (Å²) in [5, 5.41) is 4.95. The Hall–Kier alpha value is -2.35. The Labute approximate surface area is 157 Å². The highest BCUT2D eigenvalue weighted by Gasteiger charge is 2.12. The molecule has 3 rings (SSSR count). The Morgan fingerprint density at radius 1 is 0.885 bits per heavy atom. The second-order valence-corrected chi connectivity index (χ2v) is 7.47. The van der Waals surface area contributed by atoms with E-state index >= 15 is 0 Å². The number of aryl methyl sites for hydroxylation is 4. The van der Waals surface area contributed by atoms with Gasteiger partial charge in [-0.15, -0.1) is 0 Å². The molecule has 0 aliphatic rings. The van der Waals surface area contributed by atoms with E-state index in [2.05, 4.69) is 83.3 Å². The predicted octanol–water partition coefficient (Wildman–Crippen LogP) is 6.74. The van der Waals surface area contributed by atoms with Gasteiger partial charge in [-0.25, -0.2) is 0 Å². The fourth-order valence-electron chi connectivity index (χ4n) is 3.98. The van der Waals surface area contributed by atoms with Gasteiger partial charge in [-0.2, -0.15) is 0 Å². The van der Waals surface area contributed by atoms with Crippen LogP contribution in [0, 0.1) is 27.7 Å². The maximum Gasteiger partial charge on any atom is 0.0726 e. The summed E-state index contributed by atoms with van der Waals surface area (Å²) < 4.78 is 0. The molecule has 0 saturated heterocycles. The molecule has 0 saturated carbocycles. The SMILES string of the molecule is CCC(CC)Nc1cc(C)nc2ccc(-c3c(C)cc(C)cc3C)cc12. The Morgan fingerprint density at radius 2 is 1.54 bits per heavy atom. The van der Waals surface area contributed by atoms with Gasteiger partial charge in [0.2, 0.25) is 0 Å². The third-order valence-electron chi connectivity index (χ3n) is 5.25. The smallest absolute Gasteiger partial charge is 0.0726 e. The van der Waals surface area contributed by atoms with Gasteiger partial charge in [0, 0.05) is 22.8 Å². The van der Waals surface area contributed by atoms with Crippen LogP contribution in [0.4, 0.5) is 5.69 Å². The molecule has 0 bridgehead atoms. The van der Waals surface area contributed by atoms with Gasteiger partial charge in [-0.3, -0.25) is 4.98 Å². The Kier molecular flexibility index (Phi) is 5.31. The molecule has 0 unspecified atom stereocenters. The third-order valence-corrected chi connectivity index (χ3v) is 5.25. The van der Waals surface area contributed by atoms with Crippen molar-refractivity contribution in [2.75, 3.05) is 5.32 Å². The van der Waals surface area contributed by atoms with Crippen LogP contribution in [0.15, 0.2) is 36.4 Å². The lowest BCUT2D eigenvalue weighted by molar-refractivity contribution is 0.672. The quantitative estimate of drug-likeness (QED) is 0.553. The number of fused-ring (bicyclic) bond motifs is 1. The van der Waals surface area contributed by atoms with Crippen molar-refractivity contribution in [2.24, 2.45) is 0 Å². The van der Waals surface area contributed by atoms with E-state index in [0.717, 1.165) is 24.1 Å². The van der Waals surface area contributed by atoms with Crippen LogP contribution in [-0.4, -0.2) is 11.0 Å². The Balaban J connectivity index is 2.18. The van der Waals surface area contributed by atoms with Gasteiger partial charge < -0.3 is 5.32 Å². The van der Waals surface area contributed by atoms with Crippen LogP contribution < -0.4 is 5.32 Å². The van der Waals surface area contributed by atoms with Crippen molar-refractivity contribution in [1.82, 2.24) is 4.98 Å². The van der Waals surface area contributed by atoms with Crippen molar-refractivity contribution in [3.63, 3.8) is 0 Å². The lowest BCUT2D eigenvalue weighted by Crippen LogP contribution is -2.17. The normalized spacial score (nSPS) is 11.3. The number of nitrogens with zero attached hydrogens (tertiary/aromatic N) is 1. The lowest BCUT2D eigenvalue weighted by Gasteiger charge is -2.19. The van der Waals surface area contributed by atoms with E-state index in [0.29, 0.717) is 6.04 Å². The van der Waals surface area contributed by atoms with Crippen LogP contribution in [-0.2, 0) is 0 Å². The van der Waals surface area contributed by atoms with E-state index in [-0.39, 0.29) is 0 Å². The predicted molar refractivity (Wildman–Crippen MR) is 114 cm³/mol. The second kappa shape index (κ2) is 7.49. The first-order valence-corrected chi connectivity index (χ1v) is 9.69. The molecule has 0 fully saturated rings. The molecule has 1 N–H and O–H groups in total. The van der Waals surface area contributed by atoms with Crippen molar-refractivity contribution in [3.05, 3.63) is 58.8 Å². The second-order valence-electron chi connectivity index (χ2n) is 7.47. The number of nitrogens with one attached hydrogen (secondary N) is 1. The standard InChI is InChI=1S/C24H30N2/c1-7-20(8-2)26-23-13-18(6)25-22-10-9-19(14-21(22)23)24-16(4)11-15(3)12-17(24)5/h9-14,20H,7-8H2,1-6H3,(H,25,26).